The summed E-state index contributed by atoms with van der Waals surface area (Å²) in [4.78, 5) is 1.60. The molecule has 0 bridgehead atoms. The number of hydrogen-bond donors (Lipinski definition) is 1. The van der Waals surface area contributed by atoms with Gasteiger partial charge in [0.05, 0.1) is 11.9 Å². The van der Waals surface area contributed by atoms with Gasteiger partial charge in [0, 0.05) is 13.1 Å². The van der Waals surface area contributed by atoms with Crippen LogP contribution in [0.3, 0.4) is 0 Å². The molecule has 12 heavy (non-hydrogen) atoms. The first kappa shape index (κ1) is 7.73. The van der Waals surface area contributed by atoms with Crippen LogP contribution in [0.4, 0.5) is 0 Å². The van der Waals surface area contributed by atoms with Crippen molar-refractivity contribution in [1.29, 1.82) is 0 Å². The molecule has 0 spiro atoms. The minimum Gasteiger partial charge on any atom is -0.327 e. The van der Waals surface area contributed by atoms with E-state index in [1.807, 2.05) is 13.2 Å². The zero-order valence-electron chi connectivity index (χ0n) is 7.27. The maximum Gasteiger partial charge on any atom is 0.0830 e. The van der Waals surface area contributed by atoms with Gasteiger partial charge in [-0.05, 0) is 25.2 Å². The van der Waals surface area contributed by atoms with Gasteiger partial charge in [0.15, 0.2) is 0 Å². The summed E-state index contributed by atoms with van der Waals surface area (Å²) >= 11 is 0. The van der Waals surface area contributed by atoms with Gasteiger partial charge in [-0.1, -0.05) is 0 Å². The number of rotatable bonds is 2. The molecule has 4 heteroatoms. The van der Waals surface area contributed by atoms with Gasteiger partial charge in [-0.2, -0.15) is 15.0 Å². The molecular weight excluding hydrogens is 152 g/mol. The van der Waals surface area contributed by atoms with Crippen LogP contribution in [-0.4, -0.2) is 21.0 Å². The normalized spacial score (nSPS) is 28.5. The van der Waals surface area contributed by atoms with Crippen LogP contribution in [0, 0.1) is 5.92 Å². The molecular formula is C8H14N4. The van der Waals surface area contributed by atoms with Gasteiger partial charge in [0.1, 0.15) is 0 Å². The highest BCUT2D eigenvalue weighted by Gasteiger charge is 2.27. The lowest BCUT2D eigenvalue weighted by atomic mass is 9.77. The Kier molecular flexibility index (Phi) is 1.84. The minimum absolute atomic E-state index is 0.395. The zero-order valence-corrected chi connectivity index (χ0v) is 7.27. The van der Waals surface area contributed by atoms with E-state index in [1.165, 1.54) is 12.8 Å². The van der Waals surface area contributed by atoms with Gasteiger partial charge in [0.2, 0.25) is 0 Å². The van der Waals surface area contributed by atoms with E-state index in [1.54, 1.807) is 4.80 Å². The molecule has 1 aliphatic rings. The number of aryl methyl sites for hydroxylation is 1. The molecule has 1 fully saturated rings. The molecule has 1 heterocycles. The highest BCUT2D eigenvalue weighted by atomic mass is 15.4. The van der Waals surface area contributed by atoms with Crippen LogP contribution in [0.5, 0.6) is 0 Å². The summed E-state index contributed by atoms with van der Waals surface area (Å²) in [5, 5.41) is 8.23. The van der Waals surface area contributed by atoms with Crippen LogP contribution in [0.1, 0.15) is 18.5 Å². The van der Waals surface area contributed by atoms with Gasteiger partial charge < -0.3 is 5.73 Å². The Balaban J connectivity index is 1.95. The van der Waals surface area contributed by atoms with E-state index in [2.05, 4.69) is 10.2 Å². The van der Waals surface area contributed by atoms with Crippen LogP contribution < -0.4 is 5.73 Å². The van der Waals surface area contributed by atoms with Gasteiger partial charge >= 0.3 is 0 Å². The van der Waals surface area contributed by atoms with Crippen molar-refractivity contribution in [1.82, 2.24) is 15.0 Å². The van der Waals surface area contributed by atoms with Crippen LogP contribution in [-0.2, 0) is 13.5 Å². The standard InChI is InChI=1S/C8H14N4/c1-12-10-5-7(11-12)4-6-2-3-8(6)9/h5-6,8H,2-4,9H2,1H3. The van der Waals surface area contributed by atoms with E-state index in [4.69, 9.17) is 5.73 Å². The molecule has 1 aliphatic carbocycles. The first-order valence-electron chi connectivity index (χ1n) is 4.36. The fourth-order valence-corrected chi connectivity index (χ4v) is 1.60. The minimum atomic E-state index is 0.395. The Morgan fingerprint density at radius 3 is 2.92 bits per heavy atom. The van der Waals surface area contributed by atoms with Crippen molar-refractivity contribution in [3.05, 3.63) is 11.9 Å². The Morgan fingerprint density at radius 2 is 2.50 bits per heavy atom. The summed E-state index contributed by atoms with van der Waals surface area (Å²) in [7, 11) is 1.84. The second kappa shape index (κ2) is 2.86. The van der Waals surface area contributed by atoms with Gasteiger partial charge in [-0.3, -0.25) is 0 Å². The Labute approximate surface area is 71.8 Å². The molecule has 2 unspecified atom stereocenters. The summed E-state index contributed by atoms with van der Waals surface area (Å²) in [5.74, 6) is 0.640. The van der Waals surface area contributed by atoms with Crippen LogP contribution in [0.15, 0.2) is 6.20 Å². The molecule has 0 radical (unpaired) electrons. The van der Waals surface area contributed by atoms with E-state index >= 15 is 0 Å². The van der Waals surface area contributed by atoms with E-state index in [0.29, 0.717) is 12.0 Å². The fourth-order valence-electron chi connectivity index (χ4n) is 1.60. The van der Waals surface area contributed by atoms with E-state index < -0.39 is 0 Å². The highest BCUT2D eigenvalue weighted by Crippen LogP contribution is 2.28. The molecule has 0 saturated heterocycles. The molecule has 2 rings (SSSR count). The summed E-state index contributed by atoms with van der Waals surface area (Å²) in [6, 6.07) is 0.395. The maximum atomic E-state index is 5.82. The van der Waals surface area contributed by atoms with Crippen LogP contribution in [0.2, 0.25) is 0 Å². The molecule has 0 amide bonds. The summed E-state index contributed by atoms with van der Waals surface area (Å²) in [6.45, 7) is 0. The molecule has 2 N–H and O–H groups in total. The van der Waals surface area contributed by atoms with Crippen molar-refractivity contribution in [3.8, 4) is 0 Å². The van der Waals surface area contributed by atoms with Crippen molar-refractivity contribution in [3.63, 3.8) is 0 Å². The Hall–Kier alpha value is -0.900. The summed E-state index contributed by atoms with van der Waals surface area (Å²) in [6.07, 6.45) is 5.24. The smallest absolute Gasteiger partial charge is 0.0830 e. The largest absolute Gasteiger partial charge is 0.327 e. The van der Waals surface area contributed by atoms with Gasteiger partial charge in [-0.15, -0.1) is 0 Å². The second-order valence-electron chi connectivity index (χ2n) is 3.53. The first-order valence-corrected chi connectivity index (χ1v) is 4.36. The van der Waals surface area contributed by atoms with E-state index in [0.717, 1.165) is 12.1 Å². The predicted octanol–water partition coefficient (Wildman–Crippen LogP) is 0.0949. The molecule has 4 nitrogen and oxygen atoms in total. The lowest BCUT2D eigenvalue weighted by Gasteiger charge is -2.32. The topological polar surface area (TPSA) is 56.7 Å². The van der Waals surface area contributed by atoms with Crippen molar-refractivity contribution < 1.29 is 0 Å². The molecule has 0 aromatic carbocycles. The fraction of sp³-hybridized carbons (Fsp3) is 0.750. The maximum absolute atomic E-state index is 5.82. The Morgan fingerprint density at radius 1 is 1.67 bits per heavy atom. The zero-order chi connectivity index (χ0) is 8.55. The monoisotopic (exact) mass is 166 g/mol. The predicted molar refractivity (Wildman–Crippen MR) is 45.4 cm³/mol. The SMILES string of the molecule is Cn1ncc(CC2CCC2N)n1. The van der Waals surface area contributed by atoms with Crippen molar-refractivity contribution in [2.75, 3.05) is 0 Å². The number of nitrogens with two attached hydrogens (primary N) is 1. The molecule has 2 atom stereocenters. The third kappa shape index (κ3) is 1.34. The van der Waals surface area contributed by atoms with Crippen LogP contribution in [0.25, 0.3) is 0 Å². The Bertz CT molecular complexity index is 268. The van der Waals surface area contributed by atoms with E-state index in [9.17, 15) is 0 Å². The summed E-state index contributed by atoms with van der Waals surface area (Å²) < 4.78 is 0. The van der Waals surface area contributed by atoms with Crippen LogP contribution >= 0.6 is 0 Å². The average Bonchev–Trinajstić information content (AvgIpc) is 2.44. The van der Waals surface area contributed by atoms with E-state index in [-0.39, 0.29) is 0 Å². The van der Waals surface area contributed by atoms with Crippen molar-refractivity contribution in [2.45, 2.75) is 25.3 Å². The third-order valence-electron chi connectivity index (χ3n) is 2.59. The van der Waals surface area contributed by atoms with Crippen molar-refractivity contribution in [2.24, 2.45) is 18.7 Å². The highest BCUT2D eigenvalue weighted by molar-refractivity contribution is 4.98. The number of aromatic nitrogens is 3. The van der Waals surface area contributed by atoms with Gasteiger partial charge in [0.25, 0.3) is 0 Å². The number of nitrogens with zero attached hydrogens (tertiary/aromatic N) is 3. The first-order chi connectivity index (χ1) is 5.75. The average molecular weight is 166 g/mol. The van der Waals surface area contributed by atoms with Gasteiger partial charge in [-0.25, -0.2) is 0 Å². The lowest BCUT2D eigenvalue weighted by molar-refractivity contribution is 0.253. The molecule has 1 saturated carbocycles. The lowest BCUT2D eigenvalue weighted by Crippen LogP contribution is -2.40. The molecule has 1 aromatic heterocycles. The third-order valence-corrected chi connectivity index (χ3v) is 2.59. The quantitative estimate of drug-likeness (QED) is 0.677. The van der Waals surface area contributed by atoms with Crippen molar-refractivity contribution >= 4 is 0 Å². The molecule has 1 aromatic rings. The second-order valence-corrected chi connectivity index (χ2v) is 3.53. The molecule has 66 valence electrons. The number of hydrogen-bond acceptors (Lipinski definition) is 3. The molecule has 0 aliphatic heterocycles. The summed E-state index contributed by atoms with van der Waals surface area (Å²) in [5.41, 5.74) is 6.89.